The Hall–Kier alpha value is -2.95. The molecule has 0 aliphatic heterocycles. The van der Waals surface area contributed by atoms with Crippen molar-refractivity contribution in [2.75, 3.05) is 7.05 Å². The summed E-state index contributed by atoms with van der Waals surface area (Å²) in [7, 11) is 1.79. The number of likely N-dealkylation sites (N-methyl/N-ethyl adjacent to an activating group) is 1. The van der Waals surface area contributed by atoms with Crippen LogP contribution in [-0.4, -0.2) is 32.6 Å². The smallest absolute Gasteiger partial charge is 0.252 e. The van der Waals surface area contributed by atoms with Gasteiger partial charge in [-0.3, -0.25) is 14.5 Å². The highest BCUT2D eigenvalue weighted by atomic mass is 16.2. The van der Waals surface area contributed by atoms with Crippen LogP contribution in [0.3, 0.4) is 0 Å². The first-order chi connectivity index (χ1) is 11.3. The van der Waals surface area contributed by atoms with Gasteiger partial charge in [0.15, 0.2) is 6.04 Å². The summed E-state index contributed by atoms with van der Waals surface area (Å²) in [4.78, 5) is 18.9. The number of rotatable bonds is 5. The van der Waals surface area contributed by atoms with Gasteiger partial charge >= 0.3 is 0 Å². The number of pyridine rings is 1. The second-order valence-corrected chi connectivity index (χ2v) is 5.31. The van der Waals surface area contributed by atoms with Gasteiger partial charge in [-0.15, -0.1) is 0 Å². The van der Waals surface area contributed by atoms with Crippen molar-refractivity contribution in [3.63, 3.8) is 0 Å². The molecule has 0 aliphatic rings. The van der Waals surface area contributed by atoms with Gasteiger partial charge in [0, 0.05) is 25.6 Å². The van der Waals surface area contributed by atoms with E-state index in [0.717, 1.165) is 11.3 Å². The number of nitrogens with zero attached hydrogens (tertiary/aromatic N) is 4. The molecule has 1 amide bonds. The van der Waals surface area contributed by atoms with Gasteiger partial charge in [-0.25, -0.2) is 0 Å². The summed E-state index contributed by atoms with van der Waals surface area (Å²) in [5.74, 6) is -0.0226. The van der Waals surface area contributed by atoms with Crippen molar-refractivity contribution in [2.45, 2.75) is 12.6 Å². The zero-order valence-corrected chi connectivity index (χ0v) is 12.9. The van der Waals surface area contributed by atoms with Crippen LogP contribution >= 0.6 is 0 Å². The summed E-state index contributed by atoms with van der Waals surface area (Å²) >= 11 is 0. The van der Waals surface area contributed by atoms with E-state index >= 15 is 0 Å². The van der Waals surface area contributed by atoms with Crippen molar-refractivity contribution in [3.8, 4) is 0 Å². The maximum atomic E-state index is 13.0. The van der Waals surface area contributed by atoms with E-state index in [1.165, 1.54) is 0 Å². The SMILES string of the molecule is CN(Cc1ccccn1)C(=O)C(c1ccccc1)n1cccn1. The molecule has 3 aromatic rings. The van der Waals surface area contributed by atoms with Crippen LogP contribution in [0.25, 0.3) is 0 Å². The average Bonchev–Trinajstić information content (AvgIpc) is 3.11. The van der Waals surface area contributed by atoms with E-state index in [1.54, 1.807) is 29.0 Å². The number of aromatic nitrogens is 3. The van der Waals surface area contributed by atoms with E-state index in [0.29, 0.717) is 6.54 Å². The van der Waals surface area contributed by atoms with Crippen LogP contribution in [0.2, 0.25) is 0 Å². The third-order valence-electron chi connectivity index (χ3n) is 3.64. The summed E-state index contributed by atoms with van der Waals surface area (Å²) in [5.41, 5.74) is 1.77. The van der Waals surface area contributed by atoms with Crippen LogP contribution in [0.4, 0.5) is 0 Å². The maximum absolute atomic E-state index is 13.0. The van der Waals surface area contributed by atoms with Crippen LogP contribution in [0, 0.1) is 0 Å². The fourth-order valence-electron chi connectivity index (χ4n) is 2.50. The molecule has 3 rings (SSSR count). The molecule has 116 valence electrons. The highest BCUT2D eigenvalue weighted by molar-refractivity contribution is 5.83. The van der Waals surface area contributed by atoms with Crippen molar-refractivity contribution in [3.05, 3.63) is 84.4 Å². The minimum atomic E-state index is -0.472. The monoisotopic (exact) mass is 306 g/mol. The lowest BCUT2D eigenvalue weighted by Crippen LogP contribution is -2.35. The molecule has 0 saturated carbocycles. The van der Waals surface area contributed by atoms with Crippen LogP contribution < -0.4 is 0 Å². The number of benzene rings is 1. The van der Waals surface area contributed by atoms with Gasteiger partial charge in [0.1, 0.15) is 0 Å². The first kappa shape index (κ1) is 15.0. The molecule has 5 nitrogen and oxygen atoms in total. The zero-order chi connectivity index (χ0) is 16.1. The molecule has 0 saturated heterocycles. The zero-order valence-electron chi connectivity index (χ0n) is 12.9. The lowest BCUT2D eigenvalue weighted by Gasteiger charge is -2.24. The lowest BCUT2D eigenvalue weighted by atomic mass is 10.1. The van der Waals surface area contributed by atoms with Gasteiger partial charge in [0.25, 0.3) is 5.91 Å². The molecule has 1 unspecified atom stereocenters. The lowest BCUT2D eigenvalue weighted by molar-refractivity contribution is -0.133. The number of carbonyl (C=O) groups is 1. The Morgan fingerprint density at radius 3 is 2.52 bits per heavy atom. The second-order valence-electron chi connectivity index (χ2n) is 5.31. The molecule has 1 atom stereocenters. The number of carbonyl (C=O) groups excluding carboxylic acids is 1. The predicted octanol–water partition coefficient (Wildman–Crippen LogP) is 2.53. The standard InChI is InChI=1S/C18H18N4O/c1-21(14-16-10-5-6-11-19-16)18(23)17(22-13-7-12-20-22)15-8-3-2-4-9-15/h2-13,17H,14H2,1H3. The first-order valence-electron chi connectivity index (χ1n) is 7.44. The summed E-state index contributed by atoms with van der Waals surface area (Å²) in [6.07, 6.45) is 5.22. The molecule has 0 fully saturated rings. The van der Waals surface area contributed by atoms with Crippen molar-refractivity contribution < 1.29 is 4.79 Å². The van der Waals surface area contributed by atoms with E-state index in [2.05, 4.69) is 10.1 Å². The molecule has 2 heterocycles. The number of hydrogen-bond donors (Lipinski definition) is 0. The quantitative estimate of drug-likeness (QED) is 0.728. The highest BCUT2D eigenvalue weighted by Crippen LogP contribution is 2.20. The minimum Gasteiger partial charge on any atom is -0.338 e. The van der Waals surface area contributed by atoms with Crippen molar-refractivity contribution in [1.29, 1.82) is 0 Å². The fraction of sp³-hybridized carbons (Fsp3) is 0.167. The number of amides is 1. The molecule has 0 spiro atoms. The first-order valence-corrected chi connectivity index (χ1v) is 7.44. The topological polar surface area (TPSA) is 51.0 Å². The average molecular weight is 306 g/mol. The number of hydrogen-bond acceptors (Lipinski definition) is 3. The molecule has 0 bridgehead atoms. The Bertz CT molecular complexity index is 741. The Balaban J connectivity index is 1.86. The largest absolute Gasteiger partial charge is 0.338 e. The van der Waals surface area contributed by atoms with Gasteiger partial charge < -0.3 is 4.90 Å². The Morgan fingerprint density at radius 2 is 1.87 bits per heavy atom. The second kappa shape index (κ2) is 6.87. The Kier molecular flexibility index (Phi) is 4.47. The van der Waals surface area contributed by atoms with E-state index in [-0.39, 0.29) is 5.91 Å². The van der Waals surface area contributed by atoms with E-state index < -0.39 is 6.04 Å². The van der Waals surface area contributed by atoms with E-state index in [4.69, 9.17) is 0 Å². The molecule has 0 aliphatic carbocycles. The predicted molar refractivity (Wildman–Crippen MR) is 87.5 cm³/mol. The summed E-state index contributed by atoms with van der Waals surface area (Å²) in [5, 5.41) is 4.26. The normalized spacial score (nSPS) is 11.9. The molecule has 23 heavy (non-hydrogen) atoms. The van der Waals surface area contributed by atoms with Crippen LogP contribution in [-0.2, 0) is 11.3 Å². The Labute approximate surface area is 135 Å². The third-order valence-corrected chi connectivity index (χ3v) is 3.64. The van der Waals surface area contributed by atoms with Crippen molar-refractivity contribution in [2.24, 2.45) is 0 Å². The van der Waals surface area contributed by atoms with E-state index in [9.17, 15) is 4.79 Å². The molecule has 1 aromatic carbocycles. The molecule has 2 aromatic heterocycles. The van der Waals surface area contributed by atoms with Crippen LogP contribution in [0.15, 0.2) is 73.2 Å². The molecular weight excluding hydrogens is 288 g/mol. The van der Waals surface area contributed by atoms with E-state index in [1.807, 2.05) is 60.8 Å². The van der Waals surface area contributed by atoms with Gasteiger partial charge in [-0.2, -0.15) is 5.10 Å². The van der Waals surface area contributed by atoms with Crippen molar-refractivity contribution >= 4 is 5.91 Å². The van der Waals surface area contributed by atoms with Crippen LogP contribution in [0.5, 0.6) is 0 Å². The van der Waals surface area contributed by atoms with Crippen molar-refractivity contribution in [1.82, 2.24) is 19.7 Å². The molecule has 5 heteroatoms. The molecular formula is C18H18N4O. The van der Waals surface area contributed by atoms with Gasteiger partial charge in [0.2, 0.25) is 0 Å². The summed E-state index contributed by atoms with van der Waals surface area (Å²) in [6, 6.07) is 16.7. The minimum absolute atomic E-state index is 0.0226. The fourth-order valence-corrected chi connectivity index (χ4v) is 2.50. The highest BCUT2D eigenvalue weighted by Gasteiger charge is 2.26. The van der Waals surface area contributed by atoms with Gasteiger partial charge in [0.05, 0.1) is 12.2 Å². The molecule has 0 N–H and O–H groups in total. The third kappa shape index (κ3) is 3.45. The Morgan fingerprint density at radius 1 is 1.09 bits per heavy atom. The summed E-state index contributed by atoms with van der Waals surface area (Å²) in [6.45, 7) is 0.463. The molecule has 0 radical (unpaired) electrons. The van der Waals surface area contributed by atoms with Gasteiger partial charge in [-0.1, -0.05) is 36.4 Å². The van der Waals surface area contributed by atoms with Crippen LogP contribution in [0.1, 0.15) is 17.3 Å². The maximum Gasteiger partial charge on any atom is 0.252 e. The van der Waals surface area contributed by atoms with Gasteiger partial charge in [-0.05, 0) is 23.8 Å². The summed E-state index contributed by atoms with van der Waals surface area (Å²) < 4.78 is 1.69.